The van der Waals surface area contributed by atoms with Crippen molar-refractivity contribution in [2.75, 3.05) is 19.8 Å². The number of nitrogens with zero attached hydrogens (tertiary/aromatic N) is 1. The minimum atomic E-state index is -2.30. The summed E-state index contributed by atoms with van der Waals surface area (Å²) in [6.45, 7) is 10.1. The van der Waals surface area contributed by atoms with E-state index in [-0.39, 0.29) is 0 Å². The van der Waals surface area contributed by atoms with Crippen LogP contribution >= 0.6 is 0 Å². The lowest BCUT2D eigenvalue weighted by Gasteiger charge is -2.27. The average molecular weight is 274 g/mol. The molecule has 0 aromatic carbocycles. The smallest absolute Gasteiger partial charge is 0.374 e. The van der Waals surface area contributed by atoms with E-state index in [4.69, 9.17) is 13.3 Å². The normalized spacial score (nSPS) is 10.9. The molecule has 0 aliphatic rings. The number of hydrogen-bond donors (Lipinski definition) is 1. The van der Waals surface area contributed by atoms with Crippen LogP contribution in [0.2, 0.25) is 6.04 Å². The molecule has 1 aromatic heterocycles. The molecule has 1 N–H and O–H groups in total. The van der Waals surface area contributed by atoms with Crippen LogP contribution in [0, 0.1) is 0 Å². The number of hydrogen-bond acceptors (Lipinski definition) is 4. The lowest BCUT2D eigenvalue weighted by Crippen LogP contribution is -2.45. The second-order valence-corrected chi connectivity index (χ2v) is 6.22. The first-order chi connectivity index (χ1) is 8.74. The zero-order valence-electron chi connectivity index (χ0n) is 11.9. The molecule has 0 saturated heterocycles. The van der Waals surface area contributed by atoms with Gasteiger partial charge in [-0.1, -0.05) is 13.3 Å². The number of rotatable bonds is 8. The first-order valence-corrected chi connectivity index (χ1v) is 8.52. The van der Waals surface area contributed by atoms with E-state index < -0.39 is 8.80 Å². The van der Waals surface area contributed by atoms with E-state index in [0.717, 1.165) is 12.5 Å². The molecule has 1 aromatic rings. The largest absolute Gasteiger partial charge is 0.500 e. The quantitative estimate of drug-likeness (QED) is 0.741. The summed E-state index contributed by atoms with van der Waals surface area (Å²) in [4.78, 5) is 6.42. The van der Waals surface area contributed by atoms with Crippen molar-refractivity contribution in [1.29, 1.82) is 0 Å². The molecular formula is C12H26N2O3Si. The van der Waals surface area contributed by atoms with Crippen LogP contribution < -0.4 is 0 Å². The minimum Gasteiger partial charge on any atom is -0.374 e. The van der Waals surface area contributed by atoms with Crippen LogP contribution in [0.5, 0.6) is 0 Å². The molecule has 18 heavy (non-hydrogen) atoms. The van der Waals surface area contributed by atoms with Gasteiger partial charge in [0.15, 0.2) is 0 Å². The molecule has 106 valence electrons. The molecule has 0 saturated carbocycles. The van der Waals surface area contributed by atoms with Crippen molar-refractivity contribution in [2.24, 2.45) is 0 Å². The summed E-state index contributed by atoms with van der Waals surface area (Å²) in [7, 11) is -2.30. The van der Waals surface area contributed by atoms with Gasteiger partial charge in [0.25, 0.3) is 0 Å². The number of nitrogens with one attached hydrogen (secondary N) is 1. The van der Waals surface area contributed by atoms with Gasteiger partial charge in [0.05, 0.1) is 6.33 Å². The van der Waals surface area contributed by atoms with Gasteiger partial charge in [0.2, 0.25) is 0 Å². The van der Waals surface area contributed by atoms with Gasteiger partial charge in [0.1, 0.15) is 0 Å². The molecule has 6 heteroatoms. The monoisotopic (exact) mass is 274 g/mol. The number of H-pyrrole nitrogens is 1. The Morgan fingerprint density at radius 3 is 1.78 bits per heavy atom. The number of aromatic nitrogens is 2. The standard InChI is InChI=1S/C9H22O3Si.C3H4N2/c1-5-9-13(10-6-2,11-7-3)12-8-4;1-2-5-3-4-1/h5-9H2,1-4H3;1-3H,(H,4,5). The molecular weight excluding hydrogens is 248 g/mol. The second-order valence-electron chi connectivity index (χ2n) is 3.49. The van der Waals surface area contributed by atoms with E-state index in [0.29, 0.717) is 19.8 Å². The van der Waals surface area contributed by atoms with E-state index in [1.807, 2.05) is 20.8 Å². The Bertz CT molecular complexity index is 211. The Balaban J connectivity index is 0.000000473. The highest BCUT2D eigenvalue weighted by Crippen LogP contribution is 2.17. The summed E-state index contributed by atoms with van der Waals surface area (Å²) >= 11 is 0. The van der Waals surface area contributed by atoms with Crippen LogP contribution in [-0.4, -0.2) is 38.6 Å². The van der Waals surface area contributed by atoms with Crippen molar-refractivity contribution >= 4 is 8.80 Å². The number of imidazole rings is 1. The summed E-state index contributed by atoms with van der Waals surface area (Å²) in [5.74, 6) is 0. The fourth-order valence-electron chi connectivity index (χ4n) is 1.52. The third kappa shape index (κ3) is 7.60. The van der Waals surface area contributed by atoms with Crippen molar-refractivity contribution in [3.8, 4) is 0 Å². The summed E-state index contributed by atoms with van der Waals surface area (Å²) in [5.41, 5.74) is 0. The lowest BCUT2D eigenvalue weighted by atomic mass is 10.6. The van der Waals surface area contributed by atoms with Crippen LogP contribution in [-0.2, 0) is 13.3 Å². The van der Waals surface area contributed by atoms with Crippen LogP contribution in [0.15, 0.2) is 18.7 Å². The zero-order chi connectivity index (χ0) is 13.7. The maximum Gasteiger partial charge on any atom is 0.500 e. The Morgan fingerprint density at radius 1 is 1.00 bits per heavy atom. The predicted octanol–water partition coefficient (Wildman–Crippen LogP) is 2.85. The first kappa shape index (κ1) is 17.3. The first-order valence-electron chi connectivity index (χ1n) is 6.59. The Hall–Kier alpha value is -0.693. The van der Waals surface area contributed by atoms with Gasteiger partial charge in [0, 0.05) is 38.3 Å². The molecule has 0 spiro atoms. The van der Waals surface area contributed by atoms with Crippen LogP contribution in [0.1, 0.15) is 34.1 Å². The van der Waals surface area contributed by atoms with Gasteiger partial charge >= 0.3 is 8.80 Å². The minimum absolute atomic E-state index is 0.673. The maximum absolute atomic E-state index is 5.65. The maximum atomic E-state index is 5.65. The summed E-state index contributed by atoms with van der Waals surface area (Å²) < 4.78 is 16.9. The van der Waals surface area contributed by atoms with Gasteiger partial charge in [-0.25, -0.2) is 4.98 Å². The second kappa shape index (κ2) is 11.4. The average Bonchev–Trinajstić information content (AvgIpc) is 2.89. The summed E-state index contributed by atoms with van der Waals surface area (Å²) in [6.07, 6.45) is 6.13. The highest BCUT2D eigenvalue weighted by Gasteiger charge is 2.38. The van der Waals surface area contributed by atoms with Crippen molar-refractivity contribution in [3.05, 3.63) is 18.7 Å². The van der Waals surface area contributed by atoms with E-state index in [1.54, 1.807) is 18.7 Å². The van der Waals surface area contributed by atoms with Gasteiger partial charge in [-0.15, -0.1) is 0 Å². The van der Waals surface area contributed by atoms with Gasteiger partial charge < -0.3 is 18.3 Å². The molecule has 0 fully saturated rings. The third-order valence-electron chi connectivity index (χ3n) is 2.05. The lowest BCUT2D eigenvalue weighted by molar-refractivity contribution is 0.0712. The SMILES string of the molecule is CCC[Si](OCC)(OCC)OCC.c1c[nH]cn1. The predicted molar refractivity (Wildman–Crippen MR) is 74.3 cm³/mol. The number of aromatic amines is 1. The summed E-state index contributed by atoms with van der Waals surface area (Å²) in [5, 5.41) is 0. The van der Waals surface area contributed by atoms with Gasteiger partial charge in [-0.2, -0.15) is 0 Å². The molecule has 0 aliphatic carbocycles. The molecule has 0 aliphatic heterocycles. The molecule has 1 rings (SSSR count). The topological polar surface area (TPSA) is 56.4 Å². The zero-order valence-corrected chi connectivity index (χ0v) is 12.9. The van der Waals surface area contributed by atoms with Crippen molar-refractivity contribution in [1.82, 2.24) is 9.97 Å². The molecule has 0 radical (unpaired) electrons. The third-order valence-corrected chi connectivity index (χ3v) is 5.35. The Kier molecular flexibility index (Phi) is 11.0. The molecule has 0 amide bonds. The van der Waals surface area contributed by atoms with Crippen molar-refractivity contribution < 1.29 is 13.3 Å². The van der Waals surface area contributed by atoms with Crippen LogP contribution in [0.25, 0.3) is 0 Å². The fraction of sp³-hybridized carbons (Fsp3) is 0.750. The fourth-order valence-corrected chi connectivity index (χ4v) is 4.14. The van der Waals surface area contributed by atoms with E-state index in [1.165, 1.54) is 0 Å². The Morgan fingerprint density at radius 2 is 1.56 bits per heavy atom. The highest BCUT2D eigenvalue weighted by molar-refractivity contribution is 6.60. The van der Waals surface area contributed by atoms with E-state index >= 15 is 0 Å². The molecule has 1 heterocycles. The molecule has 0 atom stereocenters. The Labute approximate surface area is 111 Å². The van der Waals surface area contributed by atoms with Gasteiger partial charge in [-0.05, 0) is 20.8 Å². The van der Waals surface area contributed by atoms with Crippen LogP contribution in [0.4, 0.5) is 0 Å². The molecule has 0 unspecified atom stereocenters. The highest BCUT2D eigenvalue weighted by atomic mass is 28.4. The van der Waals surface area contributed by atoms with Crippen molar-refractivity contribution in [3.63, 3.8) is 0 Å². The molecule has 0 bridgehead atoms. The van der Waals surface area contributed by atoms with Crippen molar-refractivity contribution in [2.45, 2.75) is 40.2 Å². The van der Waals surface area contributed by atoms with Gasteiger partial charge in [-0.3, -0.25) is 0 Å². The molecule has 5 nitrogen and oxygen atoms in total. The van der Waals surface area contributed by atoms with E-state index in [2.05, 4.69) is 16.9 Å². The summed E-state index contributed by atoms with van der Waals surface area (Å²) in [6, 6.07) is 0.919. The van der Waals surface area contributed by atoms with Crippen LogP contribution in [0.3, 0.4) is 0 Å². The van der Waals surface area contributed by atoms with E-state index in [9.17, 15) is 0 Å².